The van der Waals surface area contributed by atoms with E-state index in [0.717, 1.165) is 5.39 Å². The number of nitrogens with two attached hydrogens (primary N) is 1. The molecule has 0 spiro atoms. The summed E-state index contributed by atoms with van der Waals surface area (Å²) in [5.41, 5.74) is 5.54. The van der Waals surface area contributed by atoms with Gasteiger partial charge in [0.15, 0.2) is 0 Å². The number of nitrogens with one attached hydrogen (secondary N) is 2. The maximum absolute atomic E-state index is 10.7. The number of hydrogen-bond donors (Lipinski definition) is 4. The number of benzene rings is 1. The lowest BCUT2D eigenvalue weighted by molar-refractivity contribution is 0.0699. The molecule has 2 aromatic rings. The molecule has 0 saturated heterocycles. The fraction of sp³-hybridized carbons (Fsp3) is 0.0909. The van der Waals surface area contributed by atoms with Crippen molar-refractivity contribution >= 4 is 22.9 Å². The van der Waals surface area contributed by atoms with Crippen LogP contribution in [-0.4, -0.2) is 29.1 Å². The highest BCUT2D eigenvalue weighted by atomic mass is 16.4. The Balaban J connectivity index is 0.000000249. The molecule has 0 saturated carbocycles. The van der Waals surface area contributed by atoms with Crippen LogP contribution in [0.5, 0.6) is 0 Å². The molecule has 0 fully saturated rings. The molecule has 17 heavy (non-hydrogen) atoms. The van der Waals surface area contributed by atoms with Crippen molar-refractivity contribution in [3.63, 3.8) is 0 Å². The number of carbonyl (C=O) groups excluding carboxylic acids is 1. The van der Waals surface area contributed by atoms with Crippen molar-refractivity contribution in [1.82, 2.24) is 10.3 Å². The number of H-pyrrole nitrogens is 1. The summed E-state index contributed by atoms with van der Waals surface area (Å²) in [6.45, 7) is 0. The Hall–Kier alpha value is -2.50. The van der Waals surface area contributed by atoms with E-state index in [0.29, 0.717) is 11.1 Å². The fourth-order valence-corrected chi connectivity index (χ4v) is 1.26. The molecule has 0 radical (unpaired) electrons. The number of aromatic amines is 1. The van der Waals surface area contributed by atoms with Crippen molar-refractivity contribution in [2.24, 2.45) is 5.73 Å². The van der Waals surface area contributed by atoms with Crippen LogP contribution < -0.4 is 11.1 Å². The first-order valence-electron chi connectivity index (χ1n) is 4.83. The minimum Gasteiger partial charge on any atom is -0.478 e. The topological polar surface area (TPSA) is 108 Å². The molecule has 6 nitrogen and oxygen atoms in total. The van der Waals surface area contributed by atoms with Crippen molar-refractivity contribution in [3.05, 3.63) is 36.0 Å². The molecule has 0 unspecified atom stereocenters. The molecule has 2 rings (SSSR count). The smallest absolute Gasteiger partial charge is 0.337 e. The lowest BCUT2D eigenvalue weighted by Crippen LogP contribution is -2.24. The van der Waals surface area contributed by atoms with Gasteiger partial charge < -0.3 is 21.1 Å². The zero-order valence-corrected chi connectivity index (χ0v) is 9.23. The maximum atomic E-state index is 10.7. The molecule has 0 aliphatic heterocycles. The van der Waals surface area contributed by atoms with Gasteiger partial charge in [-0.25, -0.2) is 9.59 Å². The molecule has 6 heteroatoms. The van der Waals surface area contributed by atoms with Gasteiger partial charge in [-0.2, -0.15) is 0 Å². The van der Waals surface area contributed by atoms with Gasteiger partial charge in [-0.1, -0.05) is 12.1 Å². The molecule has 0 aliphatic carbocycles. The van der Waals surface area contributed by atoms with Crippen LogP contribution in [0.25, 0.3) is 10.9 Å². The van der Waals surface area contributed by atoms with Crippen LogP contribution in [0, 0.1) is 0 Å². The molecular weight excluding hydrogens is 222 g/mol. The first-order valence-corrected chi connectivity index (χ1v) is 4.83. The van der Waals surface area contributed by atoms with Gasteiger partial charge >= 0.3 is 12.0 Å². The summed E-state index contributed by atoms with van der Waals surface area (Å²) >= 11 is 0. The lowest BCUT2D eigenvalue weighted by Gasteiger charge is -1.95. The molecule has 0 bridgehead atoms. The minimum absolute atomic E-state index is 0.317. The Morgan fingerprint density at radius 3 is 2.53 bits per heavy atom. The van der Waals surface area contributed by atoms with E-state index in [1.807, 2.05) is 12.1 Å². The van der Waals surface area contributed by atoms with Gasteiger partial charge in [-0.3, -0.25) is 0 Å². The van der Waals surface area contributed by atoms with Crippen LogP contribution in [0.4, 0.5) is 4.79 Å². The average molecular weight is 235 g/mol. The minimum atomic E-state index is -0.900. The molecule has 0 aliphatic rings. The van der Waals surface area contributed by atoms with E-state index >= 15 is 0 Å². The Labute approximate surface area is 97.4 Å². The number of hydrogen-bond acceptors (Lipinski definition) is 2. The van der Waals surface area contributed by atoms with Crippen LogP contribution >= 0.6 is 0 Å². The van der Waals surface area contributed by atoms with Gasteiger partial charge in [-0.15, -0.1) is 0 Å². The van der Waals surface area contributed by atoms with E-state index in [1.54, 1.807) is 18.3 Å². The predicted molar refractivity (Wildman–Crippen MR) is 63.9 cm³/mol. The van der Waals surface area contributed by atoms with Crippen molar-refractivity contribution in [2.75, 3.05) is 7.05 Å². The average Bonchev–Trinajstić information content (AvgIpc) is 2.77. The summed E-state index contributed by atoms with van der Waals surface area (Å²) in [7, 11) is 1.47. The number of amides is 2. The van der Waals surface area contributed by atoms with Crippen LogP contribution in [0.2, 0.25) is 0 Å². The first-order chi connectivity index (χ1) is 8.06. The molecule has 90 valence electrons. The number of rotatable bonds is 1. The van der Waals surface area contributed by atoms with E-state index in [2.05, 4.69) is 16.0 Å². The molecule has 5 N–H and O–H groups in total. The monoisotopic (exact) mass is 235 g/mol. The number of primary amides is 1. The van der Waals surface area contributed by atoms with Crippen LogP contribution in [0.1, 0.15) is 10.4 Å². The van der Waals surface area contributed by atoms with Gasteiger partial charge in [0.1, 0.15) is 0 Å². The van der Waals surface area contributed by atoms with Crippen LogP contribution in [-0.2, 0) is 0 Å². The van der Waals surface area contributed by atoms with Crippen LogP contribution in [0.3, 0.4) is 0 Å². The highest BCUT2D eigenvalue weighted by molar-refractivity contribution is 6.01. The van der Waals surface area contributed by atoms with Crippen molar-refractivity contribution in [2.45, 2.75) is 0 Å². The molecule has 1 heterocycles. The second kappa shape index (κ2) is 5.55. The summed E-state index contributed by atoms with van der Waals surface area (Å²) in [6, 6.07) is 6.55. The number of carbonyl (C=O) groups is 2. The fourth-order valence-electron chi connectivity index (χ4n) is 1.26. The van der Waals surface area contributed by atoms with Gasteiger partial charge in [0, 0.05) is 18.6 Å². The largest absolute Gasteiger partial charge is 0.478 e. The van der Waals surface area contributed by atoms with Crippen LogP contribution in [0.15, 0.2) is 30.5 Å². The lowest BCUT2D eigenvalue weighted by atomic mass is 10.1. The second-order valence-corrected chi connectivity index (χ2v) is 3.17. The predicted octanol–water partition coefficient (Wildman–Crippen LogP) is 1.15. The molecular formula is C11H13N3O3. The summed E-state index contributed by atoms with van der Waals surface area (Å²) in [6.07, 6.45) is 1.73. The number of aromatic carboxylic acids is 1. The highest BCUT2D eigenvalue weighted by Gasteiger charge is 2.07. The number of para-hydroxylation sites is 1. The Morgan fingerprint density at radius 1 is 1.35 bits per heavy atom. The normalized spacial score (nSPS) is 9.24. The number of aromatic nitrogens is 1. The second-order valence-electron chi connectivity index (χ2n) is 3.17. The van der Waals surface area contributed by atoms with E-state index in [1.165, 1.54) is 7.05 Å². The number of fused-ring (bicyclic) bond motifs is 1. The summed E-state index contributed by atoms with van der Waals surface area (Å²) in [5, 5.41) is 11.9. The third-order valence-corrected chi connectivity index (χ3v) is 2.06. The zero-order valence-electron chi connectivity index (χ0n) is 9.23. The Kier molecular flexibility index (Phi) is 4.10. The number of urea groups is 1. The standard InChI is InChI=1S/C9H7NO2.C2H6N2O/c11-9(12)7-3-1-2-6-4-5-10-8(6)7;1-4-2(3)5/h1-5,10H,(H,11,12);1H3,(H3,3,4,5). The van der Waals surface area contributed by atoms with Crippen molar-refractivity contribution in [3.8, 4) is 0 Å². The highest BCUT2D eigenvalue weighted by Crippen LogP contribution is 2.16. The maximum Gasteiger partial charge on any atom is 0.337 e. The quantitative estimate of drug-likeness (QED) is 0.595. The molecule has 1 aromatic carbocycles. The first kappa shape index (κ1) is 12.6. The third-order valence-electron chi connectivity index (χ3n) is 2.06. The number of carboxylic acids is 1. The van der Waals surface area contributed by atoms with E-state index < -0.39 is 12.0 Å². The van der Waals surface area contributed by atoms with Crippen molar-refractivity contribution in [1.29, 1.82) is 0 Å². The Morgan fingerprint density at radius 2 is 2.00 bits per heavy atom. The molecule has 1 aromatic heterocycles. The van der Waals surface area contributed by atoms with Gasteiger partial charge in [0.25, 0.3) is 0 Å². The zero-order chi connectivity index (χ0) is 12.8. The Bertz CT molecular complexity index is 533. The third kappa shape index (κ3) is 3.23. The summed E-state index contributed by atoms with van der Waals surface area (Å²) < 4.78 is 0. The molecule has 0 atom stereocenters. The number of carboxylic acid groups (broad SMARTS) is 1. The van der Waals surface area contributed by atoms with Gasteiger partial charge in [-0.05, 0) is 12.1 Å². The SMILES string of the molecule is CNC(N)=O.O=C(O)c1cccc2cc[nH]c12. The van der Waals surface area contributed by atoms with E-state index in [-0.39, 0.29) is 0 Å². The summed E-state index contributed by atoms with van der Waals surface area (Å²) in [4.78, 5) is 23.1. The van der Waals surface area contributed by atoms with Crippen molar-refractivity contribution < 1.29 is 14.7 Å². The van der Waals surface area contributed by atoms with Gasteiger partial charge in [0.05, 0.1) is 11.1 Å². The molecule has 2 amide bonds. The summed E-state index contributed by atoms with van der Waals surface area (Å²) in [5.74, 6) is -0.900. The van der Waals surface area contributed by atoms with E-state index in [4.69, 9.17) is 5.11 Å². The van der Waals surface area contributed by atoms with E-state index in [9.17, 15) is 9.59 Å². The van der Waals surface area contributed by atoms with Gasteiger partial charge in [0.2, 0.25) is 0 Å².